The van der Waals surface area contributed by atoms with Gasteiger partial charge in [-0.2, -0.15) is 5.10 Å². The zero-order chi connectivity index (χ0) is 18.5. The van der Waals surface area contributed by atoms with E-state index < -0.39 is 0 Å². The van der Waals surface area contributed by atoms with E-state index in [9.17, 15) is 4.79 Å². The number of hydrogen-bond acceptors (Lipinski definition) is 5. The smallest absolute Gasteiger partial charge is 0.277 e. The Balaban J connectivity index is 1.59. The minimum absolute atomic E-state index is 0.0936. The van der Waals surface area contributed by atoms with E-state index in [1.165, 1.54) is 0 Å². The summed E-state index contributed by atoms with van der Waals surface area (Å²) in [6, 6.07) is 11.4. The Morgan fingerprint density at radius 3 is 2.54 bits per heavy atom. The summed E-state index contributed by atoms with van der Waals surface area (Å²) in [7, 11) is 0. The van der Waals surface area contributed by atoms with E-state index in [2.05, 4.69) is 10.5 Å². The van der Waals surface area contributed by atoms with Gasteiger partial charge in [-0.05, 0) is 50.1 Å². The molecule has 0 saturated carbocycles. The third kappa shape index (κ3) is 4.14. The van der Waals surface area contributed by atoms with E-state index in [4.69, 9.17) is 14.2 Å². The standard InChI is InChI=1S/C20H22N2O4/c1-13-5-4-6-14(2)20(13)26-12-19(23)22-21-15(3)16-7-8-17-18(11-16)25-10-9-24-17/h4-8,11H,9-10,12H2,1-3H3,(H,22,23)/b21-15+. The van der Waals surface area contributed by atoms with Crippen LogP contribution in [0.3, 0.4) is 0 Å². The lowest BCUT2D eigenvalue weighted by Gasteiger charge is -2.18. The molecule has 1 aliphatic heterocycles. The summed E-state index contributed by atoms with van der Waals surface area (Å²) in [6.45, 7) is 6.70. The van der Waals surface area contributed by atoms with Gasteiger partial charge in [-0.1, -0.05) is 18.2 Å². The second-order valence-electron chi connectivity index (χ2n) is 6.10. The van der Waals surface area contributed by atoms with Crippen LogP contribution in [0.2, 0.25) is 0 Å². The predicted octanol–water partition coefficient (Wildman–Crippen LogP) is 2.99. The van der Waals surface area contributed by atoms with Crippen LogP contribution in [0.25, 0.3) is 0 Å². The normalized spacial score (nSPS) is 13.3. The summed E-state index contributed by atoms with van der Waals surface area (Å²) >= 11 is 0. The van der Waals surface area contributed by atoms with E-state index in [0.29, 0.717) is 24.7 Å². The Morgan fingerprint density at radius 1 is 1.12 bits per heavy atom. The van der Waals surface area contributed by atoms with Gasteiger partial charge in [0.25, 0.3) is 5.91 Å². The molecule has 26 heavy (non-hydrogen) atoms. The van der Waals surface area contributed by atoms with Gasteiger partial charge < -0.3 is 14.2 Å². The van der Waals surface area contributed by atoms with Gasteiger partial charge in [0.2, 0.25) is 0 Å². The lowest BCUT2D eigenvalue weighted by Crippen LogP contribution is -2.26. The maximum absolute atomic E-state index is 12.0. The zero-order valence-electron chi connectivity index (χ0n) is 15.2. The van der Waals surface area contributed by atoms with E-state index in [0.717, 1.165) is 28.2 Å². The molecular formula is C20H22N2O4. The van der Waals surface area contributed by atoms with Gasteiger partial charge in [-0.15, -0.1) is 0 Å². The summed E-state index contributed by atoms with van der Waals surface area (Å²) < 4.78 is 16.7. The Kier molecular flexibility index (Phi) is 5.41. The van der Waals surface area contributed by atoms with Gasteiger partial charge in [0.05, 0.1) is 5.71 Å². The van der Waals surface area contributed by atoms with Crippen molar-refractivity contribution in [1.29, 1.82) is 0 Å². The van der Waals surface area contributed by atoms with E-state index in [-0.39, 0.29) is 12.5 Å². The van der Waals surface area contributed by atoms with E-state index in [1.807, 2.05) is 57.2 Å². The highest BCUT2D eigenvalue weighted by Crippen LogP contribution is 2.30. The Hall–Kier alpha value is -3.02. The van der Waals surface area contributed by atoms with Crippen molar-refractivity contribution in [3.63, 3.8) is 0 Å². The number of rotatable bonds is 5. The van der Waals surface area contributed by atoms with Crippen molar-refractivity contribution < 1.29 is 19.0 Å². The molecule has 0 unspecified atom stereocenters. The third-order valence-corrected chi connectivity index (χ3v) is 4.06. The SMILES string of the molecule is C/C(=N\NC(=O)COc1c(C)cccc1C)c1ccc2c(c1)OCCO2. The lowest BCUT2D eigenvalue weighted by atomic mass is 10.1. The molecule has 0 aliphatic carbocycles. The van der Waals surface area contributed by atoms with Gasteiger partial charge in [0, 0.05) is 5.56 Å². The maximum atomic E-state index is 12.0. The lowest BCUT2D eigenvalue weighted by molar-refractivity contribution is -0.123. The Morgan fingerprint density at radius 2 is 1.81 bits per heavy atom. The van der Waals surface area contributed by atoms with Gasteiger partial charge >= 0.3 is 0 Å². The van der Waals surface area contributed by atoms with Crippen molar-refractivity contribution in [3.8, 4) is 17.2 Å². The Bertz CT molecular complexity index is 825. The minimum Gasteiger partial charge on any atom is -0.486 e. The largest absolute Gasteiger partial charge is 0.486 e. The first kappa shape index (κ1) is 17.8. The number of carbonyl (C=O) groups excluding carboxylic acids is 1. The van der Waals surface area contributed by atoms with Crippen LogP contribution in [-0.2, 0) is 4.79 Å². The van der Waals surface area contributed by atoms with Crippen molar-refractivity contribution in [3.05, 3.63) is 53.1 Å². The molecule has 1 aliphatic rings. The number of nitrogens with one attached hydrogen (secondary N) is 1. The van der Waals surface area contributed by atoms with Gasteiger partial charge in [-0.25, -0.2) is 5.43 Å². The van der Waals surface area contributed by atoms with Crippen molar-refractivity contribution in [2.75, 3.05) is 19.8 Å². The predicted molar refractivity (Wildman–Crippen MR) is 99.2 cm³/mol. The molecule has 0 spiro atoms. The number of amides is 1. The van der Waals surface area contributed by atoms with Crippen LogP contribution in [0, 0.1) is 13.8 Å². The molecule has 0 atom stereocenters. The third-order valence-electron chi connectivity index (χ3n) is 4.06. The van der Waals surface area contributed by atoms with E-state index >= 15 is 0 Å². The quantitative estimate of drug-likeness (QED) is 0.662. The van der Waals surface area contributed by atoms with Crippen LogP contribution in [0.15, 0.2) is 41.5 Å². The fourth-order valence-corrected chi connectivity index (χ4v) is 2.68. The highest BCUT2D eigenvalue weighted by atomic mass is 16.6. The molecule has 1 heterocycles. The van der Waals surface area contributed by atoms with Crippen LogP contribution < -0.4 is 19.6 Å². The highest BCUT2D eigenvalue weighted by molar-refractivity contribution is 5.99. The summed E-state index contributed by atoms with van der Waals surface area (Å²) in [6.07, 6.45) is 0. The number of hydrazone groups is 1. The number of nitrogens with zero attached hydrogens (tertiary/aromatic N) is 1. The summed E-state index contributed by atoms with van der Waals surface area (Å²) in [4.78, 5) is 12.0. The fourth-order valence-electron chi connectivity index (χ4n) is 2.68. The molecule has 6 nitrogen and oxygen atoms in total. The molecule has 2 aromatic rings. The van der Waals surface area contributed by atoms with Crippen LogP contribution >= 0.6 is 0 Å². The van der Waals surface area contributed by atoms with Gasteiger partial charge in [0.1, 0.15) is 19.0 Å². The van der Waals surface area contributed by atoms with Gasteiger partial charge in [0.15, 0.2) is 18.1 Å². The van der Waals surface area contributed by atoms with Crippen LogP contribution in [-0.4, -0.2) is 31.4 Å². The summed E-state index contributed by atoms with van der Waals surface area (Å²) in [5, 5.41) is 4.14. The number of ether oxygens (including phenoxy) is 3. The van der Waals surface area contributed by atoms with Crippen molar-refractivity contribution >= 4 is 11.6 Å². The van der Waals surface area contributed by atoms with Crippen LogP contribution in [0.5, 0.6) is 17.2 Å². The Labute approximate surface area is 152 Å². The van der Waals surface area contributed by atoms with E-state index in [1.54, 1.807) is 0 Å². The van der Waals surface area contributed by atoms with Crippen molar-refractivity contribution in [2.24, 2.45) is 5.10 Å². The average molecular weight is 354 g/mol. The zero-order valence-corrected chi connectivity index (χ0v) is 15.2. The topological polar surface area (TPSA) is 69.2 Å². The van der Waals surface area contributed by atoms with Crippen LogP contribution in [0.4, 0.5) is 0 Å². The average Bonchev–Trinajstić information content (AvgIpc) is 2.65. The molecule has 6 heteroatoms. The molecule has 0 bridgehead atoms. The summed E-state index contributed by atoms with van der Waals surface area (Å²) in [5.41, 5.74) is 6.03. The molecule has 136 valence electrons. The number of fused-ring (bicyclic) bond motifs is 1. The van der Waals surface area contributed by atoms with Gasteiger partial charge in [-0.3, -0.25) is 4.79 Å². The number of hydrogen-bond donors (Lipinski definition) is 1. The summed E-state index contributed by atoms with van der Waals surface area (Å²) in [5.74, 6) is 1.83. The molecule has 1 amide bonds. The molecular weight excluding hydrogens is 332 g/mol. The molecule has 0 radical (unpaired) electrons. The molecule has 0 fully saturated rings. The highest BCUT2D eigenvalue weighted by Gasteiger charge is 2.13. The molecule has 0 saturated heterocycles. The first-order chi connectivity index (χ1) is 12.5. The minimum atomic E-state index is -0.315. The van der Waals surface area contributed by atoms with Crippen molar-refractivity contribution in [2.45, 2.75) is 20.8 Å². The van der Waals surface area contributed by atoms with Crippen molar-refractivity contribution in [1.82, 2.24) is 5.43 Å². The maximum Gasteiger partial charge on any atom is 0.277 e. The molecule has 0 aromatic heterocycles. The first-order valence-electron chi connectivity index (χ1n) is 8.47. The monoisotopic (exact) mass is 354 g/mol. The number of benzene rings is 2. The second kappa shape index (κ2) is 7.91. The molecule has 2 aromatic carbocycles. The molecule has 1 N–H and O–H groups in total. The fraction of sp³-hybridized carbons (Fsp3) is 0.300. The number of carbonyl (C=O) groups is 1. The second-order valence-corrected chi connectivity index (χ2v) is 6.10. The van der Waals surface area contributed by atoms with Crippen LogP contribution in [0.1, 0.15) is 23.6 Å². The number of para-hydroxylation sites is 1. The number of aryl methyl sites for hydroxylation is 2. The first-order valence-corrected chi connectivity index (χ1v) is 8.47. The molecule has 3 rings (SSSR count).